The van der Waals surface area contributed by atoms with Crippen molar-refractivity contribution in [2.45, 2.75) is 6.92 Å². The number of hydrogen-bond donors (Lipinski definition) is 1. The number of anilines is 1. The number of ether oxygens (including phenoxy) is 1. The van der Waals surface area contributed by atoms with Crippen LogP contribution in [0.3, 0.4) is 0 Å². The highest BCUT2D eigenvalue weighted by Gasteiger charge is 2.05. The van der Waals surface area contributed by atoms with Gasteiger partial charge in [-0.25, -0.2) is 0 Å². The Labute approximate surface area is 99.6 Å². The number of aryl methyl sites for hydroxylation is 1. The summed E-state index contributed by atoms with van der Waals surface area (Å²) in [6.07, 6.45) is 0. The molecule has 0 aliphatic carbocycles. The molecule has 2 aromatic rings. The van der Waals surface area contributed by atoms with E-state index in [0.29, 0.717) is 0 Å². The first-order valence-corrected chi connectivity index (χ1v) is 5.38. The van der Waals surface area contributed by atoms with Gasteiger partial charge in [0.15, 0.2) is 0 Å². The molecule has 2 rings (SSSR count). The van der Waals surface area contributed by atoms with Gasteiger partial charge in [0.2, 0.25) is 0 Å². The highest BCUT2D eigenvalue weighted by atomic mass is 16.5. The quantitative estimate of drug-likeness (QED) is 0.821. The normalized spacial score (nSPS) is 10.2. The van der Waals surface area contributed by atoms with Gasteiger partial charge in [-0.1, -0.05) is 18.2 Å². The fourth-order valence-corrected chi connectivity index (χ4v) is 1.69. The molecule has 88 valence electrons. The van der Waals surface area contributed by atoms with Crippen LogP contribution >= 0.6 is 0 Å². The molecule has 0 radical (unpaired) electrons. The van der Waals surface area contributed by atoms with Crippen LogP contribution in [-0.4, -0.2) is 24.6 Å². The summed E-state index contributed by atoms with van der Waals surface area (Å²) in [5.74, 6) is -0.288. The highest BCUT2D eigenvalue weighted by molar-refractivity contribution is 5.92. The zero-order valence-electron chi connectivity index (χ0n) is 9.86. The van der Waals surface area contributed by atoms with Crippen molar-refractivity contribution >= 4 is 22.6 Å². The second-order valence-electron chi connectivity index (χ2n) is 3.76. The van der Waals surface area contributed by atoms with E-state index in [0.717, 1.165) is 22.3 Å². The predicted molar refractivity (Wildman–Crippen MR) is 67.0 cm³/mol. The molecule has 0 spiro atoms. The van der Waals surface area contributed by atoms with Gasteiger partial charge in [0.1, 0.15) is 6.54 Å². The molecule has 0 saturated heterocycles. The fourth-order valence-electron chi connectivity index (χ4n) is 1.69. The largest absolute Gasteiger partial charge is 0.468 e. The first-order chi connectivity index (χ1) is 8.20. The number of nitrogens with one attached hydrogen (secondary N) is 1. The molecule has 4 nitrogen and oxygen atoms in total. The van der Waals surface area contributed by atoms with Crippen LogP contribution in [0.15, 0.2) is 30.3 Å². The summed E-state index contributed by atoms with van der Waals surface area (Å²) in [6.45, 7) is 2.08. The molecule has 0 amide bonds. The maximum Gasteiger partial charge on any atom is 0.325 e. The van der Waals surface area contributed by atoms with Gasteiger partial charge in [-0.2, -0.15) is 0 Å². The number of carbonyl (C=O) groups excluding carboxylic acids is 1. The van der Waals surface area contributed by atoms with E-state index in [1.54, 1.807) is 0 Å². The van der Waals surface area contributed by atoms with Crippen molar-refractivity contribution in [1.82, 2.24) is 4.98 Å². The minimum absolute atomic E-state index is 0.157. The number of nitrogens with zero attached hydrogens (tertiary/aromatic N) is 1. The van der Waals surface area contributed by atoms with Crippen LogP contribution in [0.2, 0.25) is 0 Å². The smallest absolute Gasteiger partial charge is 0.325 e. The average Bonchev–Trinajstić information content (AvgIpc) is 2.35. The van der Waals surface area contributed by atoms with Gasteiger partial charge in [0.05, 0.1) is 12.6 Å². The van der Waals surface area contributed by atoms with E-state index < -0.39 is 0 Å². The molecular formula is C13H14N2O2. The van der Waals surface area contributed by atoms with E-state index in [-0.39, 0.29) is 12.5 Å². The molecule has 1 aromatic carbocycles. The zero-order chi connectivity index (χ0) is 12.3. The van der Waals surface area contributed by atoms with Gasteiger partial charge >= 0.3 is 5.97 Å². The Balaban J connectivity index is 2.35. The molecule has 17 heavy (non-hydrogen) atoms. The van der Waals surface area contributed by atoms with Gasteiger partial charge < -0.3 is 10.1 Å². The SMILES string of the molecule is COC(=O)CNc1cc(C)nc2ccccc12. The molecule has 0 atom stereocenters. The summed E-state index contributed by atoms with van der Waals surface area (Å²) in [6, 6.07) is 9.74. The number of methoxy groups -OCH3 is 1. The lowest BCUT2D eigenvalue weighted by molar-refractivity contribution is -0.138. The minimum Gasteiger partial charge on any atom is -0.468 e. The van der Waals surface area contributed by atoms with Crippen molar-refractivity contribution < 1.29 is 9.53 Å². The third kappa shape index (κ3) is 2.53. The summed E-state index contributed by atoms with van der Waals surface area (Å²) < 4.78 is 4.60. The molecule has 4 heteroatoms. The molecule has 1 aromatic heterocycles. The number of hydrogen-bond acceptors (Lipinski definition) is 4. The lowest BCUT2D eigenvalue weighted by Crippen LogP contribution is -2.15. The molecule has 0 bridgehead atoms. The predicted octanol–water partition coefficient (Wildman–Crippen LogP) is 2.13. The monoisotopic (exact) mass is 230 g/mol. The summed E-state index contributed by atoms with van der Waals surface area (Å²) >= 11 is 0. The van der Waals surface area contributed by atoms with Crippen molar-refractivity contribution in [3.8, 4) is 0 Å². The number of carbonyl (C=O) groups is 1. The molecule has 0 unspecified atom stereocenters. The van der Waals surface area contributed by atoms with Gasteiger partial charge in [0, 0.05) is 16.8 Å². The topological polar surface area (TPSA) is 51.2 Å². The van der Waals surface area contributed by atoms with E-state index >= 15 is 0 Å². The van der Waals surface area contributed by atoms with Crippen molar-refractivity contribution in [3.05, 3.63) is 36.0 Å². The van der Waals surface area contributed by atoms with E-state index in [1.165, 1.54) is 7.11 Å². The summed E-state index contributed by atoms with van der Waals surface area (Å²) in [7, 11) is 1.37. The average molecular weight is 230 g/mol. The number of rotatable bonds is 3. The lowest BCUT2D eigenvalue weighted by Gasteiger charge is -2.09. The Morgan fingerprint density at radius 3 is 2.94 bits per heavy atom. The fraction of sp³-hybridized carbons (Fsp3) is 0.231. The Morgan fingerprint density at radius 2 is 2.18 bits per heavy atom. The van der Waals surface area contributed by atoms with E-state index in [1.807, 2.05) is 37.3 Å². The molecule has 1 N–H and O–H groups in total. The molecule has 0 aliphatic rings. The zero-order valence-corrected chi connectivity index (χ0v) is 9.86. The second kappa shape index (κ2) is 4.82. The maximum absolute atomic E-state index is 11.1. The van der Waals surface area contributed by atoms with Crippen LogP contribution in [-0.2, 0) is 9.53 Å². The molecule has 0 fully saturated rings. The van der Waals surface area contributed by atoms with Crippen molar-refractivity contribution in [2.24, 2.45) is 0 Å². The standard InChI is InChI=1S/C13H14N2O2/c1-9-7-12(14-8-13(16)17-2)10-5-3-4-6-11(10)15-9/h3-7H,8H2,1-2H3,(H,14,15). The number of pyridine rings is 1. The Hall–Kier alpha value is -2.10. The third-order valence-corrected chi connectivity index (χ3v) is 2.50. The highest BCUT2D eigenvalue weighted by Crippen LogP contribution is 2.22. The number of para-hydroxylation sites is 1. The molecule has 0 aliphatic heterocycles. The Kier molecular flexibility index (Phi) is 3.23. The maximum atomic E-state index is 11.1. The first kappa shape index (κ1) is 11.4. The number of esters is 1. The summed E-state index contributed by atoms with van der Waals surface area (Å²) in [4.78, 5) is 15.5. The van der Waals surface area contributed by atoms with Crippen LogP contribution in [0.4, 0.5) is 5.69 Å². The van der Waals surface area contributed by atoms with Crippen LogP contribution < -0.4 is 5.32 Å². The Morgan fingerprint density at radius 1 is 1.41 bits per heavy atom. The van der Waals surface area contributed by atoms with E-state index in [2.05, 4.69) is 15.0 Å². The number of aromatic nitrogens is 1. The van der Waals surface area contributed by atoms with Gasteiger partial charge in [-0.05, 0) is 19.1 Å². The van der Waals surface area contributed by atoms with Gasteiger partial charge in [-0.3, -0.25) is 9.78 Å². The summed E-state index contributed by atoms with van der Waals surface area (Å²) in [5, 5.41) is 4.07. The summed E-state index contributed by atoms with van der Waals surface area (Å²) in [5.41, 5.74) is 2.73. The molecule has 1 heterocycles. The van der Waals surface area contributed by atoms with Crippen molar-refractivity contribution in [3.63, 3.8) is 0 Å². The first-order valence-electron chi connectivity index (χ1n) is 5.38. The Bertz CT molecular complexity index is 552. The van der Waals surface area contributed by atoms with Crippen LogP contribution in [0.1, 0.15) is 5.69 Å². The van der Waals surface area contributed by atoms with Crippen molar-refractivity contribution in [1.29, 1.82) is 0 Å². The van der Waals surface area contributed by atoms with Gasteiger partial charge in [0.25, 0.3) is 0 Å². The number of benzene rings is 1. The molecule has 0 saturated carbocycles. The molecular weight excluding hydrogens is 216 g/mol. The number of fused-ring (bicyclic) bond motifs is 1. The van der Waals surface area contributed by atoms with Crippen LogP contribution in [0.5, 0.6) is 0 Å². The minimum atomic E-state index is -0.288. The van der Waals surface area contributed by atoms with Gasteiger partial charge in [-0.15, -0.1) is 0 Å². The van der Waals surface area contributed by atoms with Crippen LogP contribution in [0.25, 0.3) is 10.9 Å². The third-order valence-electron chi connectivity index (χ3n) is 2.50. The van der Waals surface area contributed by atoms with E-state index in [4.69, 9.17) is 0 Å². The van der Waals surface area contributed by atoms with Crippen molar-refractivity contribution in [2.75, 3.05) is 19.0 Å². The lowest BCUT2D eigenvalue weighted by atomic mass is 10.1. The van der Waals surface area contributed by atoms with Crippen LogP contribution in [0, 0.1) is 6.92 Å². The van der Waals surface area contributed by atoms with E-state index in [9.17, 15) is 4.79 Å². The second-order valence-corrected chi connectivity index (χ2v) is 3.76.